The lowest BCUT2D eigenvalue weighted by Crippen LogP contribution is -2.18. The van der Waals surface area contributed by atoms with Crippen molar-refractivity contribution in [3.63, 3.8) is 0 Å². The summed E-state index contributed by atoms with van der Waals surface area (Å²) in [5.41, 5.74) is 8.58. The number of hydrogen-bond donors (Lipinski definition) is 0. The molecular weight excluding hydrogens is 605 g/mol. The second kappa shape index (κ2) is 10.7. The molecule has 1 aliphatic rings. The van der Waals surface area contributed by atoms with Crippen LogP contribution in [0.5, 0.6) is 0 Å². The molecule has 0 N–H and O–H groups in total. The summed E-state index contributed by atoms with van der Waals surface area (Å²) in [5, 5.41) is 4.90. The predicted octanol–water partition coefficient (Wildman–Crippen LogP) is 11.8. The number of anilines is 3. The maximum atomic E-state index is 5.30. The molecule has 1 aliphatic heterocycles. The summed E-state index contributed by atoms with van der Waals surface area (Å²) in [5.74, 6) is 1.86. The van der Waals surface area contributed by atoms with Gasteiger partial charge in [0, 0.05) is 42.2 Å². The van der Waals surface area contributed by atoms with Crippen molar-refractivity contribution in [1.29, 1.82) is 0 Å². The molecule has 2 aromatic heterocycles. The van der Waals surface area contributed by atoms with Gasteiger partial charge in [0.25, 0.3) is 0 Å². The van der Waals surface area contributed by atoms with Crippen LogP contribution in [0.25, 0.3) is 76.0 Å². The first-order valence-electron chi connectivity index (χ1n) is 16.0. The normalized spacial score (nSPS) is 12.1. The molecular formula is C43H26N4S. The van der Waals surface area contributed by atoms with Gasteiger partial charge in [0.15, 0.2) is 11.6 Å². The molecule has 3 heterocycles. The summed E-state index contributed by atoms with van der Waals surface area (Å²) in [6, 6.07) is 55.5. The van der Waals surface area contributed by atoms with Gasteiger partial charge in [-0.05, 0) is 46.3 Å². The number of fused-ring (bicyclic) bond motifs is 5. The predicted molar refractivity (Wildman–Crippen MR) is 200 cm³/mol. The summed E-state index contributed by atoms with van der Waals surface area (Å²) in [4.78, 5) is 18.0. The summed E-state index contributed by atoms with van der Waals surface area (Å²) < 4.78 is 2.49. The Bertz CT molecular complexity index is 2690. The highest BCUT2D eigenvalue weighted by Gasteiger charge is 2.28. The second-order valence-electron chi connectivity index (χ2n) is 12.0. The first kappa shape index (κ1) is 27.0. The topological polar surface area (TPSA) is 41.9 Å². The van der Waals surface area contributed by atoms with E-state index in [4.69, 9.17) is 15.0 Å². The Morgan fingerprint density at radius 2 is 1.08 bits per heavy atom. The minimum atomic E-state index is 0.587. The highest BCUT2D eigenvalue weighted by molar-refractivity contribution is 7.25. The lowest BCUT2D eigenvalue weighted by molar-refractivity contribution is 1.02. The molecule has 4 nitrogen and oxygen atoms in total. The smallest absolute Gasteiger partial charge is 0.238 e. The van der Waals surface area contributed by atoms with Crippen LogP contribution in [-0.2, 0) is 0 Å². The number of para-hydroxylation sites is 1. The molecule has 0 unspecified atom stereocenters. The van der Waals surface area contributed by atoms with Crippen LogP contribution in [0.4, 0.5) is 17.3 Å². The van der Waals surface area contributed by atoms with Gasteiger partial charge in [0.1, 0.15) is 0 Å². The molecule has 10 rings (SSSR count). The number of aromatic nitrogens is 3. The molecule has 0 atom stereocenters. The highest BCUT2D eigenvalue weighted by atomic mass is 32.1. The van der Waals surface area contributed by atoms with Gasteiger partial charge >= 0.3 is 0 Å². The lowest BCUT2D eigenvalue weighted by atomic mass is 9.91. The summed E-state index contributed by atoms with van der Waals surface area (Å²) in [7, 11) is 0. The van der Waals surface area contributed by atoms with E-state index in [0.29, 0.717) is 17.6 Å². The molecule has 0 aliphatic carbocycles. The molecule has 0 amide bonds. The van der Waals surface area contributed by atoms with Crippen molar-refractivity contribution in [2.75, 3.05) is 4.90 Å². The fourth-order valence-corrected chi connectivity index (χ4v) is 8.25. The van der Waals surface area contributed by atoms with Crippen molar-refractivity contribution >= 4 is 59.6 Å². The van der Waals surface area contributed by atoms with Crippen molar-refractivity contribution in [3.05, 3.63) is 158 Å². The summed E-state index contributed by atoms with van der Waals surface area (Å²) in [6.45, 7) is 0. The van der Waals surface area contributed by atoms with Crippen molar-refractivity contribution in [2.45, 2.75) is 0 Å². The number of rotatable bonds is 4. The van der Waals surface area contributed by atoms with Gasteiger partial charge in [-0.15, -0.1) is 11.3 Å². The zero-order valence-electron chi connectivity index (χ0n) is 25.7. The largest absolute Gasteiger partial charge is 0.278 e. The Labute approximate surface area is 281 Å². The molecule has 0 fully saturated rings. The van der Waals surface area contributed by atoms with E-state index in [-0.39, 0.29) is 0 Å². The van der Waals surface area contributed by atoms with Crippen molar-refractivity contribution in [3.8, 4) is 45.0 Å². The summed E-state index contributed by atoms with van der Waals surface area (Å²) >= 11 is 1.80. The zero-order chi connectivity index (χ0) is 31.6. The van der Waals surface area contributed by atoms with E-state index < -0.39 is 0 Å². The van der Waals surface area contributed by atoms with E-state index in [0.717, 1.165) is 39.2 Å². The fraction of sp³-hybridized carbons (Fsp3) is 0. The Balaban J connectivity index is 1.25. The van der Waals surface area contributed by atoms with E-state index in [1.165, 1.54) is 36.5 Å². The molecule has 9 aromatic rings. The fourth-order valence-electron chi connectivity index (χ4n) is 7.10. The number of nitrogens with zero attached hydrogens (tertiary/aromatic N) is 4. The Morgan fingerprint density at radius 1 is 0.417 bits per heavy atom. The first-order valence-corrected chi connectivity index (χ1v) is 16.9. The molecule has 0 saturated carbocycles. The average molecular weight is 631 g/mol. The standard InChI is InChI=1S/C43H26N4S/c1-2-12-27(13-3-1)30-16-4-5-19-35(30)42-44-41(29-24-25-33-32-18-7-9-23-38(32)48-39(33)26-29)45-43(46-42)47-36-21-8-6-17-31(36)34-20-10-14-28-15-11-22-37(47)40(28)34/h1-26H. The molecule has 5 heteroatoms. The van der Waals surface area contributed by atoms with Crippen molar-refractivity contribution < 1.29 is 0 Å². The van der Waals surface area contributed by atoms with Crippen LogP contribution < -0.4 is 4.90 Å². The van der Waals surface area contributed by atoms with Gasteiger partial charge in [0.2, 0.25) is 5.95 Å². The number of hydrogen-bond acceptors (Lipinski definition) is 5. The van der Waals surface area contributed by atoms with Crippen LogP contribution in [0.1, 0.15) is 0 Å². The van der Waals surface area contributed by atoms with Gasteiger partial charge < -0.3 is 0 Å². The maximum absolute atomic E-state index is 5.30. The Morgan fingerprint density at radius 3 is 1.98 bits per heavy atom. The Hall–Kier alpha value is -6.17. The van der Waals surface area contributed by atoms with E-state index in [1.807, 2.05) is 6.07 Å². The van der Waals surface area contributed by atoms with Crippen LogP contribution in [0.3, 0.4) is 0 Å². The maximum Gasteiger partial charge on any atom is 0.238 e. The van der Waals surface area contributed by atoms with Crippen molar-refractivity contribution in [2.24, 2.45) is 0 Å². The van der Waals surface area contributed by atoms with Crippen LogP contribution in [0.15, 0.2) is 158 Å². The second-order valence-corrected chi connectivity index (χ2v) is 13.1. The van der Waals surface area contributed by atoms with Crippen LogP contribution in [0.2, 0.25) is 0 Å². The van der Waals surface area contributed by atoms with Gasteiger partial charge in [-0.3, -0.25) is 4.90 Å². The van der Waals surface area contributed by atoms with Gasteiger partial charge in [-0.25, -0.2) is 4.98 Å². The number of thiophene rings is 1. The average Bonchev–Trinajstić information content (AvgIpc) is 3.53. The van der Waals surface area contributed by atoms with Crippen LogP contribution in [-0.4, -0.2) is 15.0 Å². The molecule has 0 bridgehead atoms. The third kappa shape index (κ3) is 4.18. The van der Waals surface area contributed by atoms with E-state index in [1.54, 1.807) is 11.3 Å². The lowest BCUT2D eigenvalue weighted by Gasteiger charge is -2.32. The van der Waals surface area contributed by atoms with E-state index in [9.17, 15) is 0 Å². The van der Waals surface area contributed by atoms with E-state index in [2.05, 4.69) is 157 Å². The molecule has 0 spiro atoms. The minimum Gasteiger partial charge on any atom is -0.278 e. The molecule has 7 aromatic carbocycles. The highest BCUT2D eigenvalue weighted by Crippen LogP contribution is 2.50. The molecule has 0 saturated heterocycles. The first-order chi connectivity index (χ1) is 23.8. The minimum absolute atomic E-state index is 0.587. The molecule has 224 valence electrons. The number of benzene rings is 7. The van der Waals surface area contributed by atoms with Crippen LogP contribution in [0, 0.1) is 0 Å². The van der Waals surface area contributed by atoms with Gasteiger partial charge in [0.05, 0.1) is 11.4 Å². The van der Waals surface area contributed by atoms with Crippen molar-refractivity contribution in [1.82, 2.24) is 15.0 Å². The molecule has 0 radical (unpaired) electrons. The molecule has 48 heavy (non-hydrogen) atoms. The SMILES string of the molecule is c1ccc(-c2ccccc2-c2nc(-c3ccc4c(c3)sc3ccccc34)nc(N3c4ccccc4-c4cccc5cccc3c45)n2)cc1. The van der Waals surface area contributed by atoms with Gasteiger partial charge in [-0.1, -0.05) is 133 Å². The summed E-state index contributed by atoms with van der Waals surface area (Å²) in [6.07, 6.45) is 0. The third-order valence-electron chi connectivity index (χ3n) is 9.27. The Kier molecular flexibility index (Phi) is 6.01. The third-order valence-corrected chi connectivity index (χ3v) is 10.4. The van der Waals surface area contributed by atoms with Crippen LogP contribution >= 0.6 is 11.3 Å². The quantitative estimate of drug-likeness (QED) is 0.194. The van der Waals surface area contributed by atoms with Gasteiger partial charge in [-0.2, -0.15) is 9.97 Å². The monoisotopic (exact) mass is 630 g/mol. The zero-order valence-corrected chi connectivity index (χ0v) is 26.5. The van der Waals surface area contributed by atoms with E-state index >= 15 is 0 Å².